The van der Waals surface area contributed by atoms with Crippen molar-refractivity contribution in [1.29, 1.82) is 0 Å². The monoisotopic (exact) mass is 501 g/mol. The molecule has 7 rings (SSSR count). The molecule has 178 valence electrons. The Hall–Kier alpha value is -4.69. The fraction of sp³-hybridized carbons (Fsp3) is 0.0345. The molecule has 0 saturated heterocycles. The molecule has 7 nitrogen and oxygen atoms in total. The molecule has 0 spiro atoms. The second-order valence-corrected chi connectivity index (χ2v) is 10.7. The maximum absolute atomic E-state index is 13.5. The smallest absolute Gasteiger partial charge is 0.210 e. The molecular weight excluding hydrogens is 482 g/mol. The molecule has 0 amide bonds. The first-order valence-electron chi connectivity index (χ1n) is 11.8. The van der Waals surface area contributed by atoms with E-state index in [1.54, 1.807) is 30.3 Å². The SMILES string of the molecule is Cc1nc2c(-c3nc(-c4ccccc4)nc(-c4ccccc4)n3)ccc3c2n1-c1ccccc1S3(=O)=O. The number of fused-ring (bicyclic) bond motifs is 2. The lowest BCUT2D eigenvalue weighted by molar-refractivity contribution is 0.594. The zero-order valence-corrected chi connectivity index (χ0v) is 20.5. The Balaban J connectivity index is 1.54. The lowest BCUT2D eigenvalue weighted by Gasteiger charge is -2.20. The number of nitrogens with zero attached hydrogens (tertiary/aromatic N) is 5. The standard InChI is InChI=1S/C29H19N5O2S/c1-18-30-25-21(16-17-24-26(25)34(18)22-14-8-9-15-23(22)37(24,35)36)29-32-27(19-10-4-2-5-11-19)31-28(33-29)20-12-6-3-7-13-20/h2-17H,1H3. The minimum absolute atomic E-state index is 0.228. The van der Waals surface area contributed by atoms with Crippen LogP contribution in [0.2, 0.25) is 0 Å². The van der Waals surface area contributed by atoms with Gasteiger partial charge in [0.05, 0.1) is 21.0 Å². The van der Waals surface area contributed by atoms with E-state index < -0.39 is 9.84 Å². The van der Waals surface area contributed by atoms with E-state index in [1.807, 2.05) is 78.2 Å². The van der Waals surface area contributed by atoms with Gasteiger partial charge in [0, 0.05) is 16.7 Å². The molecule has 0 atom stereocenters. The highest BCUT2D eigenvalue weighted by atomic mass is 32.2. The summed E-state index contributed by atoms with van der Waals surface area (Å²) in [6, 6.07) is 29.8. The molecule has 8 heteroatoms. The van der Waals surface area contributed by atoms with Crippen LogP contribution in [-0.4, -0.2) is 32.9 Å². The molecule has 2 aromatic heterocycles. The number of hydrogen-bond donors (Lipinski definition) is 0. The number of para-hydroxylation sites is 1. The van der Waals surface area contributed by atoms with Gasteiger partial charge in [0.1, 0.15) is 11.3 Å². The van der Waals surface area contributed by atoms with Crippen molar-refractivity contribution in [3.8, 4) is 39.9 Å². The minimum atomic E-state index is -3.71. The maximum Gasteiger partial charge on any atom is 0.210 e. The first kappa shape index (κ1) is 21.6. The lowest BCUT2D eigenvalue weighted by atomic mass is 10.1. The first-order chi connectivity index (χ1) is 18.0. The molecule has 37 heavy (non-hydrogen) atoms. The van der Waals surface area contributed by atoms with Gasteiger partial charge in [0.25, 0.3) is 0 Å². The van der Waals surface area contributed by atoms with Crippen LogP contribution < -0.4 is 0 Å². The summed E-state index contributed by atoms with van der Waals surface area (Å²) >= 11 is 0. The van der Waals surface area contributed by atoms with Gasteiger partial charge in [-0.2, -0.15) is 0 Å². The molecule has 0 saturated carbocycles. The largest absolute Gasteiger partial charge is 0.294 e. The Morgan fingerprint density at radius 1 is 0.595 bits per heavy atom. The van der Waals surface area contributed by atoms with Crippen molar-refractivity contribution in [1.82, 2.24) is 24.5 Å². The third-order valence-corrected chi connectivity index (χ3v) is 8.39. The quantitative estimate of drug-likeness (QED) is 0.310. The fourth-order valence-electron chi connectivity index (χ4n) is 4.87. The average molecular weight is 502 g/mol. The third kappa shape index (κ3) is 3.23. The summed E-state index contributed by atoms with van der Waals surface area (Å²) in [5, 5.41) is 0. The van der Waals surface area contributed by atoms with E-state index in [-0.39, 0.29) is 9.79 Å². The van der Waals surface area contributed by atoms with E-state index >= 15 is 0 Å². The van der Waals surface area contributed by atoms with Crippen molar-refractivity contribution in [2.24, 2.45) is 0 Å². The number of rotatable bonds is 3. The van der Waals surface area contributed by atoms with Gasteiger partial charge in [-0.15, -0.1) is 0 Å². The van der Waals surface area contributed by atoms with E-state index in [1.165, 1.54) is 0 Å². The van der Waals surface area contributed by atoms with Gasteiger partial charge in [-0.05, 0) is 31.2 Å². The van der Waals surface area contributed by atoms with Crippen molar-refractivity contribution in [2.45, 2.75) is 16.7 Å². The van der Waals surface area contributed by atoms with Gasteiger partial charge in [0.2, 0.25) is 9.84 Å². The predicted molar refractivity (Wildman–Crippen MR) is 141 cm³/mol. The molecule has 0 bridgehead atoms. The molecule has 4 aromatic carbocycles. The van der Waals surface area contributed by atoms with Crippen molar-refractivity contribution >= 4 is 20.9 Å². The zero-order valence-electron chi connectivity index (χ0n) is 19.7. The van der Waals surface area contributed by atoms with Crippen molar-refractivity contribution < 1.29 is 8.42 Å². The summed E-state index contributed by atoms with van der Waals surface area (Å²) in [5.74, 6) is 2.18. The molecule has 1 aliphatic heterocycles. The normalized spacial score (nSPS) is 13.4. The van der Waals surface area contributed by atoms with Crippen molar-refractivity contribution in [3.63, 3.8) is 0 Å². The summed E-state index contributed by atoms with van der Waals surface area (Å²) in [5.41, 5.74) is 4.03. The van der Waals surface area contributed by atoms with Crippen LogP contribution in [0.25, 0.3) is 50.9 Å². The molecule has 0 fully saturated rings. The predicted octanol–water partition coefficient (Wildman–Crippen LogP) is 5.67. The van der Waals surface area contributed by atoms with Crippen LogP contribution in [-0.2, 0) is 9.84 Å². The summed E-state index contributed by atoms with van der Waals surface area (Å²) in [4.78, 5) is 19.7. The number of hydrogen-bond acceptors (Lipinski definition) is 6. The van der Waals surface area contributed by atoms with Crippen LogP contribution in [0.5, 0.6) is 0 Å². The van der Waals surface area contributed by atoms with Gasteiger partial charge in [-0.25, -0.2) is 28.4 Å². The fourth-order valence-corrected chi connectivity index (χ4v) is 6.49. The Morgan fingerprint density at radius 2 is 1.16 bits per heavy atom. The summed E-state index contributed by atoms with van der Waals surface area (Å²) in [6.07, 6.45) is 0. The van der Waals surface area contributed by atoms with Gasteiger partial charge in [0.15, 0.2) is 17.5 Å². The molecule has 3 heterocycles. The average Bonchev–Trinajstić information content (AvgIpc) is 3.29. The topological polar surface area (TPSA) is 90.6 Å². The number of aromatic nitrogens is 5. The maximum atomic E-state index is 13.5. The highest BCUT2D eigenvalue weighted by Gasteiger charge is 2.33. The molecule has 1 aliphatic rings. The van der Waals surface area contributed by atoms with E-state index in [0.717, 1.165) is 11.1 Å². The third-order valence-electron chi connectivity index (χ3n) is 6.56. The first-order valence-corrected chi connectivity index (χ1v) is 13.2. The number of imidazole rings is 1. The van der Waals surface area contributed by atoms with Gasteiger partial charge < -0.3 is 0 Å². The van der Waals surface area contributed by atoms with Crippen LogP contribution >= 0.6 is 0 Å². The van der Waals surface area contributed by atoms with Crippen LogP contribution in [0.4, 0.5) is 0 Å². The minimum Gasteiger partial charge on any atom is -0.294 e. The highest BCUT2D eigenvalue weighted by Crippen LogP contribution is 2.41. The second kappa shape index (κ2) is 7.91. The van der Waals surface area contributed by atoms with Crippen LogP contribution in [0.15, 0.2) is 107 Å². The lowest BCUT2D eigenvalue weighted by Crippen LogP contribution is -2.15. The molecule has 0 radical (unpaired) electrons. The Bertz CT molecular complexity index is 1890. The summed E-state index contributed by atoms with van der Waals surface area (Å²) < 4.78 is 29.0. The summed E-state index contributed by atoms with van der Waals surface area (Å²) in [7, 11) is -3.71. The van der Waals surface area contributed by atoms with E-state index in [9.17, 15) is 8.42 Å². The van der Waals surface area contributed by atoms with Crippen LogP contribution in [0.1, 0.15) is 5.82 Å². The molecule has 0 unspecified atom stereocenters. The number of benzene rings is 4. The van der Waals surface area contributed by atoms with E-state index in [0.29, 0.717) is 45.6 Å². The highest BCUT2D eigenvalue weighted by molar-refractivity contribution is 7.92. The Morgan fingerprint density at radius 3 is 1.81 bits per heavy atom. The Kier molecular flexibility index (Phi) is 4.61. The van der Waals surface area contributed by atoms with Crippen molar-refractivity contribution in [3.05, 3.63) is 103 Å². The number of sulfone groups is 1. The molecular formula is C29H19N5O2S. The van der Waals surface area contributed by atoms with E-state index in [4.69, 9.17) is 19.9 Å². The second-order valence-electron chi connectivity index (χ2n) is 8.81. The van der Waals surface area contributed by atoms with Crippen molar-refractivity contribution in [2.75, 3.05) is 0 Å². The van der Waals surface area contributed by atoms with Gasteiger partial charge in [-0.1, -0.05) is 72.8 Å². The molecule has 6 aromatic rings. The molecule has 0 aliphatic carbocycles. The van der Waals surface area contributed by atoms with Gasteiger partial charge >= 0.3 is 0 Å². The molecule has 0 N–H and O–H groups in total. The number of aryl methyl sites for hydroxylation is 1. The van der Waals surface area contributed by atoms with E-state index in [2.05, 4.69) is 0 Å². The summed E-state index contributed by atoms with van der Waals surface area (Å²) in [6.45, 7) is 1.88. The zero-order chi connectivity index (χ0) is 25.1. The Labute approximate surface area is 213 Å². The van der Waals surface area contributed by atoms with Gasteiger partial charge in [-0.3, -0.25) is 4.57 Å². The van der Waals surface area contributed by atoms with Crippen LogP contribution in [0.3, 0.4) is 0 Å². The van der Waals surface area contributed by atoms with Crippen LogP contribution in [0, 0.1) is 6.92 Å².